The van der Waals surface area contributed by atoms with E-state index in [4.69, 9.17) is 4.74 Å². The summed E-state index contributed by atoms with van der Waals surface area (Å²) >= 11 is 0. The van der Waals surface area contributed by atoms with Gasteiger partial charge in [0.05, 0.1) is 13.0 Å². The summed E-state index contributed by atoms with van der Waals surface area (Å²) in [5.41, 5.74) is 1.29. The van der Waals surface area contributed by atoms with Crippen molar-refractivity contribution in [1.82, 2.24) is 9.88 Å². The summed E-state index contributed by atoms with van der Waals surface area (Å²) in [6.07, 6.45) is 8.33. The highest BCUT2D eigenvalue weighted by molar-refractivity contribution is 5.77. The Bertz CT molecular complexity index is 631. The molecule has 1 unspecified atom stereocenters. The smallest absolute Gasteiger partial charge is 0.226 e. The molecular weight excluding hydrogens is 300 g/mol. The highest BCUT2D eigenvalue weighted by Gasteiger charge is 2.27. The van der Waals surface area contributed by atoms with E-state index in [-0.39, 0.29) is 5.91 Å². The largest absolute Gasteiger partial charge is 0.493 e. The summed E-state index contributed by atoms with van der Waals surface area (Å²) in [7, 11) is 0. The van der Waals surface area contributed by atoms with Gasteiger partial charge in [-0.15, -0.1) is 0 Å². The third-order valence-electron chi connectivity index (χ3n) is 4.54. The van der Waals surface area contributed by atoms with Gasteiger partial charge in [0.25, 0.3) is 0 Å². The summed E-state index contributed by atoms with van der Waals surface area (Å²) in [6, 6.07) is 14.1. The second kappa shape index (κ2) is 8.48. The number of pyridine rings is 1. The van der Waals surface area contributed by atoms with E-state index < -0.39 is 0 Å². The number of amides is 1. The molecule has 2 aromatic rings. The summed E-state index contributed by atoms with van der Waals surface area (Å²) in [4.78, 5) is 18.6. The molecule has 2 heterocycles. The van der Waals surface area contributed by atoms with Gasteiger partial charge in [-0.3, -0.25) is 9.78 Å². The Morgan fingerprint density at radius 2 is 1.96 bits per heavy atom. The lowest BCUT2D eigenvalue weighted by Gasteiger charge is -2.25. The molecule has 4 nitrogen and oxygen atoms in total. The number of likely N-dealkylation sites (tertiary alicyclic amines) is 1. The normalized spacial score (nSPS) is 17.0. The molecule has 0 spiro atoms. The second-order valence-corrected chi connectivity index (χ2v) is 6.19. The molecule has 0 bridgehead atoms. The van der Waals surface area contributed by atoms with Gasteiger partial charge in [0.1, 0.15) is 5.75 Å². The minimum Gasteiger partial charge on any atom is -0.493 e. The number of hydrogen-bond donors (Lipinski definition) is 0. The molecular formula is C20H24N2O2. The fourth-order valence-corrected chi connectivity index (χ4v) is 3.26. The van der Waals surface area contributed by atoms with E-state index in [9.17, 15) is 4.79 Å². The molecule has 1 saturated heterocycles. The maximum Gasteiger partial charge on any atom is 0.226 e. The van der Waals surface area contributed by atoms with E-state index in [1.165, 1.54) is 5.56 Å². The van der Waals surface area contributed by atoms with Gasteiger partial charge in [0.15, 0.2) is 0 Å². The van der Waals surface area contributed by atoms with E-state index in [1.807, 2.05) is 42.7 Å². The van der Waals surface area contributed by atoms with Crippen molar-refractivity contribution in [3.63, 3.8) is 0 Å². The number of ether oxygens (including phenoxy) is 1. The molecule has 0 N–H and O–H groups in total. The molecule has 1 aliphatic heterocycles. The van der Waals surface area contributed by atoms with Crippen molar-refractivity contribution in [3.05, 3.63) is 60.4 Å². The SMILES string of the molecule is O=C(CCOc1ccccc1)N1CCCC1CCc1ccncc1. The van der Waals surface area contributed by atoms with E-state index in [2.05, 4.69) is 22.0 Å². The number of aromatic nitrogens is 1. The number of benzene rings is 1. The average molecular weight is 324 g/mol. The maximum absolute atomic E-state index is 12.5. The third-order valence-corrected chi connectivity index (χ3v) is 4.54. The Morgan fingerprint density at radius 3 is 2.75 bits per heavy atom. The topological polar surface area (TPSA) is 42.4 Å². The van der Waals surface area contributed by atoms with Crippen LogP contribution in [0.4, 0.5) is 0 Å². The molecule has 1 aliphatic rings. The average Bonchev–Trinajstić information content (AvgIpc) is 3.10. The van der Waals surface area contributed by atoms with Gasteiger partial charge in [-0.1, -0.05) is 18.2 Å². The first-order valence-electron chi connectivity index (χ1n) is 8.69. The van der Waals surface area contributed by atoms with Crippen molar-refractivity contribution < 1.29 is 9.53 Å². The van der Waals surface area contributed by atoms with Crippen LogP contribution in [0.3, 0.4) is 0 Å². The first-order chi connectivity index (χ1) is 11.8. The Hall–Kier alpha value is -2.36. The van der Waals surface area contributed by atoms with E-state index in [0.717, 1.165) is 38.0 Å². The monoisotopic (exact) mass is 324 g/mol. The summed E-state index contributed by atoms with van der Waals surface area (Å²) in [5, 5.41) is 0. The van der Waals surface area contributed by atoms with Gasteiger partial charge in [-0.05, 0) is 55.5 Å². The molecule has 1 fully saturated rings. The summed E-state index contributed by atoms with van der Waals surface area (Å²) in [5.74, 6) is 1.03. The van der Waals surface area contributed by atoms with Gasteiger partial charge in [0, 0.05) is 25.0 Å². The standard InChI is InChI=1S/C20H24N2O2/c23-20(12-16-24-19-6-2-1-3-7-19)22-15-4-5-18(22)9-8-17-10-13-21-14-11-17/h1-3,6-7,10-11,13-14,18H,4-5,8-9,12,15-16H2. The van der Waals surface area contributed by atoms with Crippen molar-refractivity contribution >= 4 is 5.91 Å². The molecule has 0 radical (unpaired) electrons. The van der Waals surface area contributed by atoms with Crippen LogP contribution in [0.5, 0.6) is 5.75 Å². The van der Waals surface area contributed by atoms with Crippen molar-refractivity contribution in [2.45, 2.75) is 38.1 Å². The highest BCUT2D eigenvalue weighted by atomic mass is 16.5. The van der Waals surface area contributed by atoms with E-state index in [1.54, 1.807) is 0 Å². The summed E-state index contributed by atoms with van der Waals surface area (Å²) < 4.78 is 5.65. The van der Waals surface area contributed by atoms with Gasteiger partial charge in [0.2, 0.25) is 5.91 Å². The van der Waals surface area contributed by atoms with Crippen molar-refractivity contribution in [2.24, 2.45) is 0 Å². The molecule has 126 valence electrons. The van der Waals surface area contributed by atoms with E-state index >= 15 is 0 Å². The Kier molecular flexibility index (Phi) is 5.83. The zero-order valence-corrected chi connectivity index (χ0v) is 13.9. The second-order valence-electron chi connectivity index (χ2n) is 6.19. The van der Waals surface area contributed by atoms with Crippen LogP contribution in [0.2, 0.25) is 0 Å². The molecule has 24 heavy (non-hydrogen) atoms. The Balaban J connectivity index is 1.45. The van der Waals surface area contributed by atoms with Crippen LogP contribution in [0.15, 0.2) is 54.9 Å². The molecule has 1 aromatic carbocycles. The molecule has 3 rings (SSSR count). The number of carbonyl (C=O) groups excluding carboxylic acids is 1. The van der Waals surface area contributed by atoms with Crippen LogP contribution in [0, 0.1) is 0 Å². The predicted molar refractivity (Wildman–Crippen MR) is 93.8 cm³/mol. The molecule has 1 aromatic heterocycles. The predicted octanol–water partition coefficient (Wildman–Crippen LogP) is 3.47. The van der Waals surface area contributed by atoms with Crippen LogP contribution >= 0.6 is 0 Å². The molecule has 1 amide bonds. The van der Waals surface area contributed by atoms with Crippen LogP contribution in [0.25, 0.3) is 0 Å². The maximum atomic E-state index is 12.5. The fourth-order valence-electron chi connectivity index (χ4n) is 3.26. The van der Waals surface area contributed by atoms with E-state index in [0.29, 0.717) is 19.1 Å². The van der Waals surface area contributed by atoms with Crippen LogP contribution < -0.4 is 4.74 Å². The number of rotatable bonds is 7. The fraction of sp³-hybridized carbons (Fsp3) is 0.400. The van der Waals surface area contributed by atoms with Gasteiger partial charge < -0.3 is 9.64 Å². The van der Waals surface area contributed by atoms with Gasteiger partial charge in [-0.25, -0.2) is 0 Å². The zero-order valence-electron chi connectivity index (χ0n) is 13.9. The quantitative estimate of drug-likeness (QED) is 0.783. The van der Waals surface area contributed by atoms with Crippen molar-refractivity contribution in [2.75, 3.05) is 13.2 Å². The number of para-hydroxylation sites is 1. The van der Waals surface area contributed by atoms with Gasteiger partial charge >= 0.3 is 0 Å². The lowest BCUT2D eigenvalue weighted by molar-refractivity contribution is -0.132. The molecule has 0 aliphatic carbocycles. The third kappa shape index (κ3) is 4.57. The number of carbonyl (C=O) groups is 1. The van der Waals surface area contributed by atoms with Crippen LogP contribution in [-0.4, -0.2) is 35.0 Å². The Morgan fingerprint density at radius 1 is 1.17 bits per heavy atom. The number of aryl methyl sites for hydroxylation is 1. The minimum absolute atomic E-state index is 0.211. The molecule has 4 heteroatoms. The zero-order chi connectivity index (χ0) is 16.6. The minimum atomic E-state index is 0.211. The molecule has 0 saturated carbocycles. The Labute approximate surface area is 143 Å². The van der Waals surface area contributed by atoms with Crippen LogP contribution in [-0.2, 0) is 11.2 Å². The first-order valence-corrected chi connectivity index (χ1v) is 8.69. The molecule has 1 atom stereocenters. The lowest BCUT2D eigenvalue weighted by Crippen LogP contribution is -2.36. The highest BCUT2D eigenvalue weighted by Crippen LogP contribution is 2.22. The first kappa shape index (κ1) is 16.5. The number of nitrogens with zero attached hydrogens (tertiary/aromatic N) is 2. The van der Waals surface area contributed by atoms with Crippen molar-refractivity contribution in [3.8, 4) is 5.75 Å². The van der Waals surface area contributed by atoms with Gasteiger partial charge in [-0.2, -0.15) is 0 Å². The summed E-state index contributed by atoms with van der Waals surface area (Å²) in [6.45, 7) is 1.32. The van der Waals surface area contributed by atoms with Crippen LogP contribution in [0.1, 0.15) is 31.2 Å². The number of hydrogen-bond acceptors (Lipinski definition) is 3. The lowest BCUT2D eigenvalue weighted by atomic mass is 10.0. The van der Waals surface area contributed by atoms with Crippen molar-refractivity contribution in [1.29, 1.82) is 0 Å².